The van der Waals surface area contributed by atoms with Crippen LogP contribution in [-0.4, -0.2) is 52.9 Å². The molecule has 2 aromatic carbocycles. The van der Waals surface area contributed by atoms with E-state index in [0.29, 0.717) is 18.3 Å². The second kappa shape index (κ2) is 10.6. The molecule has 6 heteroatoms. The third-order valence-corrected chi connectivity index (χ3v) is 6.44. The van der Waals surface area contributed by atoms with Crippen LogP contribution in [0.5, 0.6) is 0 Å². The average Bonchev–Trinajstić information content (AvgIpc) is 2.85. The van der Waals surface area contributed by atoms with E-state index in [4.69, 9.17) is 4.98 Å². The molecular weight excluding hydrogens is 410 g/mol. The number of carbonyl (C=O) groups is 1. The van der Waals surface area contributed by atoms with E-state index in [2.05, 4.69) is 69.8 Å². The molecule has 2 heterocycles. The lowest BCUT2D eigenvalue weighted by Crippen LogP contribution is -2.33. The van der Waals surface area contributed by atoms with Gasteiger partial charge in [-0.2, -0.15) is 0 Å². The highest BCUT2D eigenvalue weighted by Crippen LogP contribution is 2.29. The van der Waals surface area contributed by atoms with Crippen molar-refractivity contribution in [3.05, 3.63) is 77.7 Å². The molecule has 0 aliphatic carbocycles. The summed E-state index contributed by atoms with van der Waals surface area (Å²) in [4.78, 5) is 25.1. The zero-order chi connectivity index (χ0) is 23.2. The summed E-state index contributed by atoms with van der Waals surface area (Å²) in [6.07, 6.45) is 2.15. The first-order chi connectivity index (χ1) is 16.0. The van der Waals surface area contributed by atoms with E-state index in [9.17, 15) is 4.79 Å². The van der Waals surface area contributed by atoms with Crippen LogP contribution < -0.4 is 5.32 Å². The van der Waals surface area contributed by atoms with Crippen molar-refractivity contribution in [2.45, 2.75) is 38.8 Å². The Morgan fingerprint density at radius 1 is 1.03 bits per heavy atom. The van der Waals surface area contributed by atoms with Gasteiger partial charge in [0.05, 0.1) is 6.54 Å². The molecule has 0 saturated carbocycles. The maximum atomic E-state index is 11.6. The second-order valence-corrected chi connectivity index (χ2v) is 8.83. The van der Waals surface area contributed by atoms with Gasteiger partial charge in [0.25, 0.3) is 0 Å². The van der Waals surface area contributed by atoms with E-state index < -0.39 is 0 Å². The lowest BCUT2D eigenvalue weighted by molar-refractivity contribution is -0.128. The third kappa shape index (κ3) is 5.96. The normalized spacial score (nSPS) is 14.8. The van der Waals surface area contributed by atoms with Crippen molar-refractivity contribution in [3.63, 3.8) is 0 Å². The first-order valence-electron chi connectivity index (χ1n) is 11.7. The zero-order valence-electron chi connectivity index (χ0n) is 19.8. The Bertz CT molecular complexity index is 1060. The van der Waals surface area contributed by atoms with Crippen LogP contribution in [0.4, 0.5) is 5.82 Å². The third-order valence-electron chi connectivity index (χ3n) is 6.44. The van der Waals surface area contributed by atoms with Gasteiger partial charge in [-0.15, -0.1) is 0 Å². The fraction of sp³-hybridized carbons (Fsp3) is 0.370. The molecule has 1 amide bonds. The number of hydrogen-bond acceptors (Lipinski definition) is 5. The smallest absolute Gasteiger partial charge is 0.219 e. The number of amides is 1. The summed E-state index contributed by atoms with van der Waals surface area (Å²) in [6, 6.07) is 21.5. The highest BCUT2D eigenvalue weighted by molar-refractivity contribution is 5.72. The van der Waals surface area contributed by atoms with E-state index in [0.717, 1.165) is 44.0 Å². The van der Waals surface area contributed by atoms with Crippen LogP contribution in [-0.2, 0) is 17.9 Å². The summed E-state index contributed by atoms with van der Waals surface area (Å²) in [7, 11) is 3.65. The Morgan fingerprint density at radius 3 is 2.33 bits per heavy atom. The number of anilines is 1. The van der Waals surface area contributed by atoms with Gasteiger partial charge in [0.2, 0.25) is 5.91 Å². The molecule has 1 saturated heterocycles. The van der Waals surface area contributed by atoms with Crippen LogP contribution in [0.3, 0.4) is 0 Å². The van der Waals surface area contributed by atoms with Crippen LogP contribution >= 0.6 is 0 Å². The molecule has 0 bridgehead atoms. The molecule has 4 rings (SSSR count). The van der Waals surface area contributed by atoms with Crippen LogP contribution in [0, 0.1) is 0 Å². The summed E-state index contributed by atoms with van der Waals surface area (Å²) in [5.41, 5.74) is 4.94. The van der Waals surface area contributed by atoms with Crippen molar-refractivity contribution < 1.29 is 4.79 Å². The SMILES string of the molecule is CNc1cc(C2CCN(Cc3ccc(-c4ccccc4)cc3)CC2)nc(CN(C)C(C)=O)n1. The molecule has 3 aromatic rings. The highest BCUT2D eigenvalue weighted by atomic mass is 16.2. The Labute approximate surface area is 196 Å². The van der Waals surface area contributed by atoms with Gasteiger partial charge >= 0.3 is 0 Å². The lowest BCUT2D eigenvalue weighted by atomic mass is 9.92. The molecule has 1 aromatic heterocycles. The van der Waals surface area contributed by atoms with E-state index in [-0.39, 0.29) is 5.91 Å². The van der Waals surface area contributed by atoms with Crippen LogP contribution in [0.2, 0.25) is 0 Å². The standard InChI is InChI=1S/C27H33N5O/c1-20(33)31(3)19-27-29-25(17-26(28-2)30-27)24-13-15-32(16-14-24)18-21-9-11-23(12-10-21)22-7-5-4-6-8-22/h4-12,17,24H,13-16,18-19H2,1-3H3,(H,28,29,30). The van der Waals surface area contributed by atoms with Crippen molar-refractivity contribution in [1.82, 2.24) is 19.8 Å². The summed E-state index contributed by atoms with van der Waals surface area (Å²) in [6.45, 7) is 5.06. The van der Waals surface area contributed by atoms with E-state index in [1.807, 2.05) is 13.1 Å². The lowest BCUT2D eigenvalue weighted by Gasteiger charge is -2.32. The van der Waals surface area contributed by atoms with Gasteiger partial charge in [-0.1, -0.05) is 54.6 Å². The molecule has 172 valence electrons. The number of nitrogens with zero attached hydrogens (tertiary/aromatic N) is 4. The average molecular weight is 444 g/mol. The number of benzene rings is 2. The summed E-state index contributed by atoms with van der Waals surface area (Å²) >= 11 is 0. The highest BCUT2D eigenvalue weighted by Gasteiger charge is 2.23. The zero-order valence-corrected chi connectivity index (χ0v) is 19.8. The predicted molar refractivity (Wildman–Crippen MR) is 133 cm³/mol. The molecular formula is C27H33N5O. The minimum atomic E-state index is 0.0140. The number of piperidine rings is 1. The number of hydrogen-bond donors (Lipinski definition) is 1. The van der Waals surface area contributed by atoms with E-state index in [1.165, 1.54) is 16.7 Å². The maximum Gasteiger partial charge on any atom is 0.219 e. The summed E-state index contributed by atoms with van der Waals surface area (Å²) < 4.78 is 0. The van der Waals surface area contributed by atoms with Crippen LogP contribution in [0.1, 0.15) is 42.8 Å². The quantitative estimate of drug-likeness (QED) is 0.581. The van der Waals surface area contributed by atoms with Crippen LogP contribution in [0.15, 0.2) is 60.7 Å². The van der Waals surface area contributed by atoms with Gasteiger partial charge in [-0.25, -0.2) is 9.97 Å². The Hall–Kier alpha value is -3.25. The molecule has 0 spiro atoms. The molecule has 6 nitrogen and oxygen atoms in total. The summed E-state index contributed by atoms with van der Waals surface area (Å²) in [5.74, 6) is 1.93. The van der Waals surface area contributed by atoms with Crippen molar-refractivity contribution in [3.8, 4) is 11.1 Å². The van der Waals surface area contributed by atoms with Gasteiger partial charge in [-0.05, 0) is 42.6 Å². The summed E-state index contributed by atoms with van der Waals surface area (Å²) in [5, 5.41) is 3.14. The molecule has 1 aliphatic rings. The minimum Gasteiger partial charge on any atom is -0.373 e. The monoisotopic (exact) mass is 443 g/mol. The number of carbonyl (C=O) groups excluding carboxylic acids is 1. The van der Waals surface area contributed by atoms with Gasteiger partial charge < -0.3 is 10.2 Å². The Morgan fingerprint density at radius 2 is 1.70 bits per heavy atom. The largest absolute Gasteiger partial charge is 0.373 e. The number of aromatic nitrogens is 2. The van der Waals surface area contributed by atoms with Crippen LogP contribution in [0.25, 0.3) is 11.1 Å². The fourth-order valence-electron chi connectivity index (χ4n) is 4.33. The molecule has 0 radical (unpaired) electrons. The van der Waals surface area contributed by atoms with Crippen molar-refractivity contribution >= 4 is 11.7 Å². The van der Waals surface area contributed by atoms with E-state index >= 15 is 0 Å². The van der Waals surface area contributed by atoms with E-state index in [1.54, 1.807) is 18.9 Å². The van der Waals surface area contributed by atoms with Gasteiger partial charge in [0.15, 0.2) is 0 Å². The van der Waals surface area contributed by atoms with Crippen molar-refractivity contribution in [1.29, 1.82) is 0 Å². The molecule has 0 atom stereocenters. The first kappa shape index (κ1) is 22.9. The minimum absolute atomic E-state index is 0.0140. The maximum absolute atomic E-state index is 11.6. The molecule has 33 heavy (non-hydrogen) atoms. The Kier molecular flexibility index (Phi) is 7.35. The predicted octanol–water partition coefficient (Wildman–Crippen LogP) is 4.54. The van der Waals surface area contributed by atoms with Gasteiger partial charge in [0.1, 0.15) is 11.6 Å². The second-order valence-electron chi connectivity index (χ2n) is 8.83. The number of rotatable bonds is 7. The molecule has 1 N–H and O–H groups in total. The topological polar surface area (TPSA) is 61.4 Å². The fourth-order valence-corrected chi connectivity index (χ4v) is 4.33. The molecule has 0 unspecified atom stereocenters. The molecule has 1 fully saturated rings. The molecule has 1 aliphatic heterocycles. The Balaban J connectivity index is 1.36. The number of likely N-dealkylation sites (tertiary alicyclic amines) is 1. The van der Waals surface area contributed by atoms with Crippen molar-refractivity contribution in [2.75, 3.05) is 32.5 Å². The van der Waals surface area contributed by atoms with Crippen molar-refractivity contribution in [2.24, 2.45) is 0 Å². The van der Waals surface area contributed by atoms with Gasteiger partial charge in [-0.3, -0.25) is 9.69 Å². The van der Waals surface area contributed by atoms with Gasteiger partial charge in [0, 0.05) is 45.2 Å². The first-order valence-corrected chi connectivity index (χ1v) is 11.7. The number of nitrogens with one attached hydrogen (secondary N) is 1.